The van der Waals surface area contributed by atoms with Crippen LogP contribution in [0.15, 0.2) is 69.9 Å². The molecule has 1 N–H and O–H groups in total. The molecule has 124 valence electrons. The summed E-state index contributed by atoms with van der Waals surface area (Å²) >= 11 is 5.78. The molecule has 0 aliphatic heterocycles. The second-order valence-corrected chi connectivity index (χ2v) is 6.16. The average Bonchev–Trinajstić information content (AvgIpc) is 2.60. The summed E-state index contributed by atoms with van der Waals surface area (Å²) in [6.07, 6.45) is 0. The quantitative estimate of drug-likeness (QED) is 0.398. The van der Waals surface area contributed by atoms with Crippen molar-refractivity contribution in [2.75, 3.05) is 5.32 Å². The number of fused-ring (bicyclic) bond motifs is 3. The Hall–Kier alpha value is -2.85. The van der Waals surface area contributed by atoms with Gasteiger partial charge in [-0.2, -0.15) is 0 Å². The summed E-state index contributed by atoms with van der Waals surface area (Å²) in [6, 6.07) is 17.4. The molecule has 0 saturated heterocycles. The lowest BCUT2D eigenvalue weighted by atomic mass is 10.0. The molecule has 5 heteroatoms. The van der Waals surface area contributed by atoms with E-state index in [2.05, 4.69) is 5.32 Å². The molecule has 1 aromatic heterocycles. The third-order valence-corrected chi connectivity index (χ3v) is 4.35. The normalized spacial score (nSPS) is 11.1. The first-order chi connectivity index (χ1) is 12.1. The molecule has 3 aromatic carbocycles. The molecule has 1 heterocycles. The summed E-state index contributed by atoms with van der Waals surface area (Å²) < 4.78 is 19.3. The van der Waals surface area contributed by atoms with Gasteiger partial charge in [0.05, 0.1) is 5.69 Å². The van der Waals surface area contributed by atoms with Gasteiger partial charge in [-0.05, 0) is 40.6 Å². The van der Waals surface area contributed by atoms with Crippen LogP contribution in [-0.2, 0) is 6.54 Å². The molecular weight excluding hydrogens is 341 g/mol. The molecule has 0 saturated carbocycles. The lowest BCUT2D eigenvalue weighted by Crippen LogP contribution is -2.07. The van der Waals surface area contributed by atoms with Gasteiger partial charge in [0.2, 0.25) is 0 Å². The Balaban J connectivity index is 1.83. The van der Waals surface area contributed by atoms with Gasteiger partial charge in [-0.1, -0.05) is 41.9 Å². The van der Waals surface area contributed by atoms with Crippen LogP contribution in [0.4, 0.5) is 10.1 Å². The van der Waals surface area contributed by atoms with Crippen molar-refractivity contribution >= 4 is 39.0 Å². The second kappa shape index (κ2) is 6.22. The van der Waals surface area contributed by atoms with Crippen molar-refractivity contribution in [3.63, 3.8) is 0 Å². The van der Waals surface area contributed by atoms with E-state index in [1.54, 1.807) is 18.2 Å². The van der Waals surface area contributed by atoms with Crippen LogP contribution in [0.3, 0.4) is 0 Å². The minimum atomic E-state index is -0.440. The standard InChI is InChI=1S/C20H13ClFNO2/c21-14-6-7-17(16(22)10-14)23-11-13-9-19(24)25-18-8-5-12-3-1-2-4-15(12)20(13)18/h1-10,23H,11H2. The summed E-state index contributed by atoms with van der Waals surface area (Å²) in [5.41, 5.74) is 1.15. The second-order valence-electron chi connectivity index (χ2n) is 5.73. The predicted molar refractivity (Wildman–Crippen MR) is 98.7 cm³/mol. The van der Waals surface area contributed by atoms with Crippen molar-refractivity contribution in [3.8, 4) is 0 Å². The Kier molecular flexibility index (Phi) is 3.90. The first-order valence-corrected chi connectivity index (χ1v) is 8.13. The van der Waals surface area contributed by atoms with Gasteiger partial charge in [-0.15, -0.1) is 0 Å². The highest BCUT2D eigenvalue weighted by Crippen LogP contribution is 2.28. The third-order valence-electron chi connectivity index (χ3n) is 4.11. The summed E-state index contributed by atoms with van der Waals surface area (Å²) in [7, 11) is 0. The van der Waals surface area contributed by atoms with E-state index in [4.69, 9.17) is 16.0 Å². The van der Waals surface area contributed by atoms with Crippen molar-refractivity contribution in [2.24, 2.45) is 0 Å². The van der Waals surface area contributed by atoms with E-state index < -0.39 is 11.4 Å². The van der Waals surface area contributed by atoms with Crippen LogP contribution in [0, 0.1) is 5.82 Å². The zero-order valence-corrected chi connectivity index (χ0v) is 13.8. The summed E-state index contributed by atoms with van der Waals surface area (Å²) in [4.78, 5) is 11.9. The minimum Gasteiger partial charge on any atom is -0.423 e. The lowest BCUT2D eigenvalue weighted by molar-refractivity contribution is 0.559. The number of hydrogen-bond donors (Lipinski definition) is 1. The van der Waals surface area contributed by atoms with Crippen LogP contribution >= 0.6 is 11.6 Å². The Morgan fingerprint density at radius 1 is 1.04 bits per heavy atom. The molecule has 4 aromatic rings. The number of rotatable bonds is 3. The molecule has 0 radical (unpaired) electrons. The number of benzene rings is 3. The largest absolute Gasteiger partial charge is 0.423 e. The number of hydrogen-bond acceptors (Lipinski definition) is 3. The Morgan fingerprint density at radius 2 is 1.88 bits per heavy atom. The van der Waals surface area contributed by atoms with E-state index in [0.29, 0.717) is 16.3 Å². The van der Waals surface area contributed by atoms with E-state index in [-0.39, 0.29) is 6.54 Å². The van der Waals surface area contributed by atoms with E-state index in [0.717, 1.165) is 21.7 Å². The van der Waals surface area contributed by atoms with Gasteiger partial charge in [0, 0.05) is 23.0 Å². The first kappa shape index (κ1) is 15.7. The monoisotopic (exact) mass is 353 g/mol. The topological polar surface area (TPSA) is 42.2 Å². The van der Waals surface area contributed by atoms with Gasteiger partial charge < -0.3 is 9.73 Å². The highest BCUT2D eigenvalue weighted by Gasteiger charge is 2.10. The number of halogens is 2. The van der Waals surface area contributed by atoms with Gasteiger partial charge in [0.25, 0.3) is 0 Å². The first-order valence-electron chi connectivity index (χ1n) is 7.75. The fourth-order valence-electron chi connectivity index (χ4n) is 2.98. The summed E-state index contributed by atoms with van der Waals surface area (Å²) in [6.45, 7) is 0.286. The highest BCUT2D eigenvalue weighted by atomic mass is 35.5. The number of anilines is 1. The molecule has 0 atom stereocenters. The molecule has 0 fully saturated rings. The van der Waals surface area contributed by atoms with Gasteiger partial charge in [-0.3, -0.25) is 0 Å². The lowest BCUT2D eigenvalue weighted by Gasteiger charge is -2.11. The molecule has 25 heavy (non-hydrogen) atoms. The van der Waals surface area contributed by atoms with E-state index >= 15 is 0 Å². The van der Waals surface area contributed by atoms with Crippen LogP contribution in [0.1, 0.15) is 5.56 Å². The fraction of sp³-hybridized carbons (Fsp3) is 0.0500. The molecule has 0 aliphatic carbocycles. The SMILES string of the molecule is O=c1cc(CNc2ccc(Cl)cc2F)c2c(ccc3ccccc32)o1. The average molecular weight is 354 g/mol. The van der Waals surface area contributed by atoms with Crippen LogP contribution in [-0.4, -0.2) is 0 Å². The predicted octanol–water partition coefficient (Wildman–Crippen LogP) is 5.35. The maximum atomic E-state index is 14.0. The minimum absolute atomic E-state index is 0.286. The highest BCUT2D eigenvalue weighted by molar-refractivity contribution is 6.30. The molecule has 3 nitrogen and oxygen atoms in total. The van der Waals surface area contributed by atoms with E-state index in [1.807, 2.05) is 30.3 Å². The molecule has 0 aliphatic rings. The fourth-order valence-corrected chi connectivity index (χ4v) is 3.14. The van der Waals surface area contributed by atoms with E-state index in [1.165, 1.54) is 12.1 Å². The van der Waals surface area contributed by atoms with Crippen molar-refractivity contribution in [3.05, 3.63) is 87.5 Å². The van der Waals surface area contributed by atoms with Gasteiger partial charge in [-0.25, -0.2) is 9.18 Å². The third kappa shape index (κ3) is 2.96. The Labute approximate surface area is 147 Å². The van der Waals surface area contributed by atoms with Crippen molar-refractivity contribution in [2.45, 2.75) is 6.54 Å². The van der Waals surface area contributed by atoms with Gasteiger partial charge in [0.1, 0.15) is 11.4 Å². The van der Waals surface area contributed by atoms with Crippen molar-refractivity contribution in [1.82, 2.24) is 0 Å². The molecule has 4 rings (SSSR count). The molecule has 0 unspecified atom stereocenters. The maximum absolute atomic E-state index is 14.0. The zero-order valence-electron chi connectivity index (χ0n) is 13.1. The Bertz CT molecular complexity index is 1150. The van der Waals surface area contributed by atoms with Gasteiger partial charge in [0.15, 0.2) is 0 Å². The molecule has 0 bridgehead atoms. The van der Waals surface area contributed by atoms with Gasteiger partial charge >= 0.3 is 5.63 Å². The van der Waals surface area contributed by atoms with Crippen LogP contribution in [0.2, 0.25) is 5.02 Å². The Morgan fingerprint density at radius 3 is 2.72 bits per heavy atom. The maximum Gasteiger partial charge on any atom is 0.336 e. The molecule has 0 amide bonds. The number of nitrogens with one attached hydrogen (secondary N) is 1. The van der Waals surface area contributed by atoms with Crippen LogP contribution in [0.5, 0.6) is 0 Å². The molecular formula is C20H13ClFNO2. The summed E-state index contributed by atoms with van der Waals surface area (Å²) in [5, 5.41) is 6.23. The zero-order chi connectivity index (χ0) is 17.4. The van der Waals surface area contributed by atoms with Crippen molar-refractivity contribution < 1.29 is 8.81 Å². The van der Waals surface area contributed by atoms with Crippen molar-refractivity contribution in [1.29, 1.82) is 0 Å². The van der Waals surface area contributed by atoms with Crippen LogP contribution < -0.4 is 10.9 Å². The summed E-state index contributed by atoms with van der Waals surface area (Å²) in [5.74, 6) is -0.440. The molecule has 0 spiro atoms. The smallest absolute Gasteiger partial charge is 0.336 e. The van der Waals surface area contributed by atoms with Crippen LogP contribution in [0.25, 0.3) is 21.7 Å². The van der Waals surface area contributed by atoms with E-state index in [9.17, 15) is 9.18 Å².